The SMILES string of the molecule is COC(=O)C1(C(=O)OC)Cc2cc(=O)n(Cc3ccccc3)cc2C1. The molecule has 2 aromatic rings. The molecule has 130 valence electrons. The quantitative estimate of drug-likeness (QED) is 0.619. The highest BCUT2D eigenvalue weighted by molar-refractivity contribution is 6.01. The third-order valence-corrected chi connectivity index (χ3v) is 4.64. The predicted octanol–water partition coefficient (Wildman–Crippen LogP) is 1.33. The lowest BCUT2D eigenvalue weighted by Crippen LogP contribution is -2.42. The second-order valence-corrected chi connectivity index (χ2v) is 6.19. The summed E-state index contributed by atoms with van der Waals surface area (Å²) in [5, 5.41) is 0. The molecule has 1 heterocycles. The highest BCUT2D eigenvalue weighted by atomic mass is 16.5. The van der Waals surface area contributed by atoms with Crippen molar-refractivity contribution in [1.82, 2.24) is 4.57 Å². The van der Waals surface area contributed by atoms with Gasteiger partial charge in [0.1, 0.15) is 0 Å². The van der Waals surface area contributed by atoms with Gasteiger partial charge in [0.25, 0.3) is 5.56 Å². The third-order valence-electron chi connectivity index (χ3n) is 4.64. The van der Waals surface area contributed by atoms with Gasteiger partial charge in [-0.05, 0) is 16.7 Å². The van der Waals surface area contributed by atoms with E-state index in [0.29, 0.717) is 12.1 Å². The number of hydrogen-bond donors (Lipinski definition) is 0. The lowest BCUT2D eigenvalue weighted by atomic mass is 9.85. The van der Waals surface area contributed by atoms with E-state index in [1.165, 1.54) is 20.3 Å². The van der Waals surface area contributed by atoms with E-state index in [1.54, 1.807) is 10.8 Å². The fraction of sp³-hybridized carbons (Fsp3) is 0.316. The van der Waals surface area contributed by atoms with Crippen molar-refractivity contribution in [3.05, 3.63) is 69.6 Å². The van der Waals surface area contributed by atoms with Crippen molar-refractivity contribution in [2.24, 2.45) is 5.41 Å². The summed E-state index contributed by atoms with van der Waals surface area (Å²) in [6.45, 7) is 0.427. The molecule has 0 fully saturated rings. The van der Waals surface area contributed by atoms with Gasteiger partial charge in [-0.3, -0.25) is 14.4 Å². The lowest BCUT2D eigenvalue weighted by Gasteiger charge is -2.22. The molecular weight excluding hydrogens is 322 g/mol. The molecule has 1 aliphatic rings. The van der Waals surface area contributed by atoms with Crippen LogP contribution in [0.1, 0.15) is 16.7 Å². The standard InChI is InChI=1S/C19H19NO5/c1-24-17(22)19(18(23)25-2)9-14-8-16(21)20(12-15(14)10-19)11-13-6-4-3-5-7-13/h3-8,12H,9-11H2,1-2H3. The van der Waals surface area contributed by atoms with Crippen molar-refractivity contribution in [3.63, 3.8) is 0 Å². The molecule has 0 saturated carbocycles. The van der Waals surface area contributed by atoms with Gasteiger partial charge in [-0.15, -0.1) is 0 Å². The molecule has 0 atom stereocenters. The number of methoxy groups -OCH3 is 2. The van der Waals surface area contributed by atoms with E-state index in [0.717, 1.165) is 11.1 Å². The van der Waals surface area contributed by atoms with Gasteiger partial charge in [-0.2, -0.15) is 0 Å². The van der Waals surface area contributed by atoms with E-state index < -0.39 is 17.4 Å². The first-order valence-corrected chi connectivity index (χ1v) is 7.93. The second-order valence-electron chi connectivity index (χ2n) is 6.19. The Balaban J connectivity index is 1.97. The summed E-state index contributed by atoms with van der Waals surface area (Å²) < 4.78 is 11.2. The van der Waals surface area contributed by atoms with E-state index >= 15 is 0 Å². The van der Waals surface area contributed by atoms with Gasteiger partial charge in [0.15, 0.2) is 5.41 Å². The molecule has 0 bridgehead atoms. The topological polar surface area (TPSA) is 74.6 Å². The number of aromatic nitrogens is 1. The van der Waals surface area contributed by atoms with Crippen molar-refractivity contribution in [3.8, 4) is 0 Å². The Morgan fingerprint density at radius 2 is 1.64 bits per heavy atom. The number of fused-ring (bicyclic) bond motifs is 1. The molecule has 0 radical (unpaired) electrons. The number of carbonyl (C=O) groups is 2. The maximum Gasteiger partial charge on any atom is 0.323 e. The molecule has 0 spiro atoms. The molecule has 0 amide bonds. The zero-order valence-electron chi connectivity index (χ0n) is 14.2. The van der Waals surface area contributed by atoms with Crippen LogP contribution in [0.15, 0.2) is 47.4 Å². The van der Waals surface area contributed by atoms with Crippen molar-refractivity contribution in [2.75, 3.05) is 14.2 Å². The van der Waals surface area contributed by atoms with Crippen LogP contribution in [-0.4, -0.2) is 30.7 Å². The van der Waals surface area contributed by atoms with Crippen LogP contribution >= 0.6 is 0 Å². The summed E-state index contributed by atoms with van der Waals surface area (Å²) >= 11 is 0. The average molecular weight is 341 g/mol. The minimum Gasteiger partial charge on any atom is -0.468 e. The monoisotopic (exact) mass is 341 g/mol. The number of ether oxygens (including phenoxy) is 2. The average Bonchev–Trinajstić information content (AvgIpc) is 3.01. The van der Waals surface area contributed by atoms with Crippen molar-refractivity contribution < 1.29 is 19.1 Å². The van der Waals surface area contributed by atoms with Crippen LogP contribution in [0.3, 0.4) is 0 Å². The first-order valence-electron chi connectivity index (χ1n) is 7.93. The van der Waals surface area contributed by atoms with Gasteiger partial charge in [0, 0.05) is 25.1 Å². The Hall–Kier alpha value is -2.89. The van der Waals surface area contributed by atoms with Crippen LogP contribution in [0.2, 0.25) is 0 Å². The summed E-state index contributed by atoms with van der Waals surface area (Å²) in [7, 11) is 2.48. The van der Waals surface area contributed by atoms with Gasteiger partial charge in [-0.1, -0.05) is 30.3 Å². The zero-order chi connectivity index (χ0) is 18.0. The van der Waals surface area contributed by atoms with Crippen molar-refractivity contribution >= 4 is 11.9 Å². The number of rotatable bonds is 4. The Bertz CT molecular complexity index is 853. The lowest BCUT2D eigenvalue weighted by molar-refractivity contribution is -0.168. The normalized spacial score (nSPS) is 14.6. The van der Waals surface area contributed by atoms with Crippen LogP contribution in [0.25, 0.3) is 0 Å². The maximum atomic E-state index is 12.4. The Morgan fingerprint density at radius 1 is 1.04 bits per heavy atom. The molecule has 1 aliphatic carbocycles. The Kier molecular flexibility index (Phi) is 4.44. The molecular formula is C19H19NO5. The Morgan fingerprint density at radius 3 is 2.24 bits per heavy atom. The number of esters is 2. The molecule has 0 unspecified atom stereocenters. The van der Waals surface area contributed by atoms with Gasteiger partial charge in [0.2, 0.25) is 0 Å². The third kappa shape index (κ3) is 2.95. The zero-order valence-corrected chi connectivity index (χ0v) is 14.2. The summed E-state index contributed by atoms with van der Waals surface area (Å²) in [5.74, 6) is -1.28. The number of carbonyl (C=O) groups excluding carboxylic acids is 2. The van der Waals surface area contributed by atoms with E-state index in [4.69, 9.17) is 9.47 Å². The summed E-state index contributed by atoms with van der Waals surface area (Å²) in [5.41, 5.74) is 0.879. The smallest absolute Gasteiger partial charge is 0.323 e. The van der Waals surface area contributed by atoms with E-state index in [2.05, 4.69) is 0 Å². The van der Waals surface area contributed by atoms with E-state index in [9.17, 15) is 14.4 Å². The second kappa shape index (κ2) is 6.55. The van der Waals surface area contributed by atoms with Crippen LogP contribution in [0, 0.1) is 5.41 Å². The Labute approximate surface area is 145 Å². The van der Waals surface area contributed by atoms with E-state index in [-0.39, 0.29) is 18.4 Å². The van der Waals surface area contributed by atoms with Crippen LogP contribution in [-0.2, 0) is 38.4 Å². The first kappa shape index (κ1) is 17.0. The van der Waals surface area contributed by atoms with Crippen molar-refractivity contribution in [2.45, 2.75) is 19.4 Å². The highest BCUT2D eigenvalue weighted by Crippen LogP contribution is 2.38. The molecule has 6 heteroatoms. The summed E-state index contributed by atoms with van der Waals surface area (Å²) in [6.07, 6.45) is 2.00. The highest BCUT2D eigenvalue weighted by Gasteiger charge is 2.52. The molecule has 1 aromatic heterocycles. The largest absolute Gasteiger partial charge is 0.468 e. The van der Waals surface area contributed by atoms with Crippen LogP contribution < -0.4 is 5.56 Å². The predicted molar refractivity (Wildman–Crippen MR) is 90.1 cm³/mol. The molecule has 6 nitrogen and oxygen atoms in total. The molecule has 3 rings (SSSR count). The van der Waals surface area contributed by atoms with Gasteiger partial charge in [-0.25, -0.2) is 0 Å². The molecule has 25 heavy (non-hydrogen) atoms. The van der Waals surface area contributed by atoms with Gasteiger partial charge >= 0.3 is 11.9 Å². The number of hydrogen-bond acceptors (Lipinski definition) is 5. The molecule has 1 aromatic carbocycles. The summed E-state index contributed by atoms with van der Waals surface area (Å²) in [6, 6.07) is 11.1. The first-order chi connectivity index (χ1) is 12.0. The molecule has 0 aliphatic heterocycles. The maximum absolute atomic E-state index is 12.4. The molecule has 0 N–H and O–H groups in total. The summed E-state index contributed by atoms with van der Waals surface area (Å²) in [4.78, 5) is 36.9. The van der Waals surface area contributed by atoms with Crippen molar-refractivity contribution in [1.29, 1.82) is 0 Å². The van der Waals surface area contributed by atoms with Crippen LogP contribution in [0.5, 0.6) is 0 Å². The minimum atomic E-state index is -1.41. The van der Waals surface area contributed by atoms with Gasteiger partial charge < -0.3 is 14.0 Å². The number of benzene rings is 1. The minimum absolute atomic E-state index is 0.114. The number of nitrogens with zero attached hydrogens (tertiary/aromatic N) is 1. The fourth-order valence-electron chi connectivity index (χ4n) is 3.36. The van der Waals surface area contributed by atoms with E-state index in [1.807, 2.05) is 30.3 Å². The number of pyridine rings is 1. The fourth-order valence-corrected chi connectivity index (χ4v) is 3.36. The molecule has 0 saturated heterocycles. The van der Waals surface area contributed by atoms with Crippen LogP contribution in [0.4, 0.5) is 0 Å². The van der Waals surface area contributed by atoms with Gasteiger partial charge in [0.05, 0.1) is 20.8 Å².